The van der Waals surface area contributed by atoms with Gasteiger partial charge in [-0.15, -0.1) is 0 Å². The molecule has 0 heterocycles. The summed E-state index contributed by atoms with van der Waals surface area (Å²) in [6, 6.07) is 0. The van der Waals surface area contributed by atoms with Gasteiger partial charge in [0, 0.05) is 13.0 Å². The average molecular weight is 907 g/mol. The van der Waals surface area contributed by atoms with Crippen molar-refractivity contribution in [2.75, 3.05) is 33.0 Å². The van der Waals surface area contributed by atoms with Crippen LogP contribution in [0.4, 0.5) is 0 Å². The Kier molecular flexibility index (Phi) is 45.6. The van der Waals surface area contributed by atoms with Crippen LogP contribution in [0.25, 0.3) is 0 Å². The first-order valence-corrected chi connectivity index (χ1v) is 25.0. The largest absolute Gasteiger partial charge is 0.472 e. The van der Waals surface area contributed by atoms with E-state index in [0.29, 0.717) is 19.4 Å². The van der Waals surface area contributed by atoms with Crippen molar-refractivity contribution in [2.24, 2.45) is 0 Å². The molecule has 358 valence electrons. The number of phosphoric acid groups is 1. The molecule has 0 saturated carbocycles. The molecule has 0 fully saturated rings. The quantitative estimate of drug-likeness (QED) is 0.0237. The van der Waals surface area contributed by atoms with Gasteiger partial charge >= 0.3 is 13.8 Å². The molecule has 10 heteroatoms. The lowest BCUT2D eigenvalue weighted by Crippen LogP contribution is -2.29. The van der Waals surface area contributed by atoms with E-state index in [-0.39, 0.29) is 13.0 Å². The van der Waals surface area contributed by atoms with Gasteiger partial charge in [-0.05, 0) is 109 Å². The monoisotopic (exact) mass is 907 g/mol. The number of unbranched alkanes of at least 4 members (excludes halogenated alkanes) is 2. The second kappa shape index (κ2) is 48.5. The van der Waals surface area contributed by atoms with Crippen molar-refractivity contribution >= 4 is 13.8 Å². The fourth-order valence-electron chi connectivity index (χ4n) is 5.24. The molecule has 0 aliphatic heterocycles. The molecule has 0 aromatic heterocycles. The zero-order valence-corrected chi connectivity index (χ0v) is 40.1. The number of phosphoric ester groups is 1. The van der Waals surface area contributed by atoms with Crippen LogP contribution < -0.4 is 0 Å². The fraction of sp³-hybridized carbons (Fsp3) is 0.500. The smallest absolute Gasteiger partial charge is 0.457 e. The van der Waals surface area contributed by atoms with Gasteiger partial charge in [-0.1, -0.05) is 172 Å². The van der Waals surface area contributed by atoms with Gasteiger partial charge in [0.05, 0.1) is 26.4 Å². The van der Waals surface area contributed by atoms with Crippen molar-refractivity contribution in [3.63, 3.8) is 0 Å². The topological polar surface area (TPSA) is 132 Å². The summed E-state index contributed by atoms with van der Waals surface area (Å²) >= 11 is 0. The summed E-state index contributed by atoms with van der Waals surface area (Å²) in [5.41, 5.74) is 0. The van der Waals surface area contributed by atoms with E-state index in [2.05, 4.69) is 166 Å². The van der Waals surface area contributed by atoms with E-state index < -0.39 is 45.8 Å². The Morgan fingerprint density at radius 2 is 0.812 bits per heavy atom. The number of hydrogen-bond acceptors (Lipinski definition) is 8. The summed E-state index contributed by atoms with van der Waals surface area (Å²) in [6.07, 6.45) is 69.4. The Balaban J connectivity index is 4.40. The minimum atomic E-state index is -4.57. The molecule has 0 aromatic carbocycles. The van der Waals surface area contributed by atoms with Gasteiger partial charge in [0.15, 0.2) is 0 Å². The van der Waals surface area contributed by atoms with E-state index in [1.807, 2.05) is 6.08 Å². The summed E-state index contributed by atoms with van der Waals surface area (Å²) < 4.78 is 33.3. The molecule has 3 unspecified atom stereocenters. The molecule has 0 radical (unpaired) electrons. The SMILES string of the molecule is CC/C=C\C/C=C\C/C=C\C/C=C\C/C=C\C/C=C\C/C=C\CCCC(=O)OC(COCCC/C=C\C/C=C\C/C=C\C/C=C\C/C=C\C/C=C\CC)COP(=O)(O)OCC(O)CO. The van der Waals surface area contributed by atoms with Crippen LogP contribution in [0.15, 0.2) is 158 Å². The third-order valence-corrected chi connectivity index (χ3v) is 9.66. The molecule has 0 rings (SSSR count). The van der Waals surface area contributed by atoms with E-state index in [1.165, 1.54) is 0 Å². The number of aliphatic hydroxyl groups excluding tert-OH is 2. The number of rotatable bonds is 42. The van der Waals surface area contributed by atoms with Crippen LogP contribution in [0.1, 0.15) is 129 Å². The molecule has 3 atom stereocenters. The predicted molar refractivity (Wildman–Crippen MR) is 269 cm³/mol. The number of aliphatic hydroxyl groups is 2. The molecule has 0 aliphatic rings. The van der Waals surface area contributed by atoms with E-state index >= 15 is 0 Å². The first-order valence-electron chi connectivity index (χ1n) is 23.5. The fourth-order valence-corrected chi connectivity index (χ4v) is 6.03. The van der Waals surface area contributed by atoms with Gasteiger partial charge in [0.1, 0.15) is 12.2 Å². The van der Waals surface area contributed by atoms with Crippen molar-refractivity contribution in [2.45, 2.75) is 142 Å². The lowest BCUT2D eigenvalue weighted by Gasteiger charge is -2.20. The minimum Gasteiger partial charge on any atom is -0.457 e. The Morgan fingerprint density at radius 3 is 1.17 bits per heavy atom. The van der Waals surface area contributed by atoms with Crippen LogP contribution >= 0.6 is 7.82 Å². The Bertz CT molecular complexity index is 1540. The first-order chi connectivity index (χ1) is 31.3. The van der Waals surface area contributed by atoms with Crippen molar-refractivity contribution < 1.29 is 43.0 Å². The normalized spacial score (nSPS) is 15.3. The predicted octanol–water partition coefficient (Wildman–Crippen LogP) is 13.7. The molecule has 0 bridgehead atoms. The molecule has 0 aliphatic carbocycles. The summed E-state index contributed by atoms with van der Waals surface area (Å²) in [5.74, 6) is -0.468. The molecule has 0 amide bonds. The third kappa shape index (κ3) is 47.6. The first kappa shape index (κ1) is 60.1. The number of hydrogen-bond donors (Lipinski definition) is 3. The highest BCUT2D eigenvalue weighted by molar-refractivity contribution is 7.47. The summed E-state index contributed by atoms with van der Waals surface area (Å²) in [7, 11) is -4.57. The van der Waals surface area contributed by atoms with Crippen LogP contribution in [0, 0.1) is 0 Å². The van der Waals surface area contributed by atoms with Gasteiger partial charge in [-0.25, -0.2) is 4.57 Å². The summed E-state index contributed by atoms with van der Waals surface area (Å²) in [5, 5.41) is 18.4. The van der Waals surface area contributed by atoms with Gasteiger partial charge < -0.3 is 24.6 Å². The minimum absolute atomic E-state index is 0.0272. The van der Waals surface area contributed by atoms with Crippen LogP contribution in [-0.4, -0.2) is 66.3 Å². The standard InChI is InChI=1S/C54H83O9P/c1-3-5-7-9-11-13-15-17-19-21-23-25-26-27-28-30-32-34-36-38-40-42-44-46-54(57)63-53(51-62-64(58,59)61-49-52(56)48-55)50-60-47-45-43-41-39-37-35-33-31-29-24-22-20-18-16-14-12-10-8-6-4-2/h5-8,11-14,17-20,23-25,27-29,32-35,38-41,52-53,55-56H,3-4,9-10,15-16,21-22,26,30-31,36-37,42-51H2,1-2H3,(H,58,59)/b7-5-,8-6-,13-11-,14-12-,19-17-,20-18-,25-23-,28-27-,29-24-,34-32-,35-33-,40-38-,41-39-. The van der Waals surface area contributed by atoms with E-state index in [1.54, 1.807) is 0 Å². The highest BCUT2D eigenvalue weighted by atomic mass is 31.2. The maximum absolute atomic E-state index is 12.6. The number of esters is 1. The third-order valence-electron chi connectivity index (χ3n) is 8.71. The van der Waals surface area contributed by atoms with E-state index in [4.69, 9.17) is 23.6 Å². The summed E-state index contributed by atoms with van der Waals surface area (Å²) in [6.45, 7) is 3.00. The van der Waals surface area contributed by atoms with Crippen molar-refractivity contribution in [3.05, 3.63) is 158 Å². The van der Waals surface area contributed by atoms with Gasteiger partial charge in [0.25, 0.3) is 0 Å². The maximum atomic E-state index is 12.6. The highest BCUT2D eigenvalue weighted by Gasteiger charge is 2.26. The van der Waals surface area contributed by atoms with E-state index in [9.17, 15) is 19.4 Å². The van der Waals surface area contributed by atoms with Crippen molar-refractivity contribution in [1.29, 1.82) is 0 Å². The molecule has 0 aromatic rings. The Hall–Kier alpha value is -3.92. The molecular weight excluding hydrogens is 824 g/mol. The van der Waals surface area contributed by atoms with Crippen molar-refractivity contribution in [1.82, 2.24) is 0 Å². The van der Waals surface area contributed by atoms with Crippen LogP contribution in [0.5, 0.6) is 0 Å². The highest BCUT2D eigenvalue weighted by Crippen LogP contribution is 2.43. The Morgan fingerprint density at radius 1 is 0.484 bits per heavy atom. The molecule has 3 N–H and O–H groups in total. The molecule has 64 heavy (non-hydrogen) atoms. The van der Waals surface area contributed by atoms with Crippen LogP contribution in [0.2, 0.25) is 0 Å². The van der Waals surface area contributed by atoms with Gasteiger partial charge in [0.2, 0.25) is 0 Å². The summed E-state index contributed by atoms with van der Waals surface area (Å²) in [4.78, 5) is 22.6. The molecule has 9 nitrogen and oxygen atoms in total. The molecular formula is C54H83O9P. The number of allylic oxidation sites excluding steroid dienone is 26. The Labute approximate surface area is 388 Å². The molecule has 0 spiro atoms. The second-order valence-corrected chi connectivity index (χ2v) is 16.1. The molecule has 0 saturated heterocycles. The average Bonchev–Trinajstić information content (AvgIpc) is 3.29. The van der Waals surface area contributed by atoms with Crippen LogP contribution in [-0.2, 0) is 27.9 Å². The zero-order valence-electron chi connectivity index (χ0n) is 39.2. The number of carbonyl (C=O) groups excluding carboxylic acids is 1. The maximum Gasteiger partial charge on any atom is 0.472 e. The van der Waals surface area contributed by atoms with E-state index in [0.717, 1.165) is 96.3 Å². The lowest BCUT2D eigenvalue weighted by atomic mass is 10.2. The van der Waals surface area contributed by atoms with Crippen LogP contribution in [0.3, 0.4) is 0 Å². The van der Waals surface area contributed by atoms with Gasteiger partial charge in [-0.2, -0.15) is 0 Å². The number of ether oxygens (including phenoxy) is 2. The number of carbonyl (C=O) groups is 1. The second-order valence-electron chi connectivity index (χ2n) is 14.7. The van der Waals surface area contributed by atoms with Gasteiger partial charge in [-0.3, -0.25) is 13.8 Å². The zero-order chi connectivity index (χ0) is 46.7. The van der Waals surface area contributed by atoms with Crippen molar-refractivity contribution in [3.8, 4) is 0 Å². The lowest BCUT2D eigenvalue weighted by molar-refractivity contribution is -0.154.